The van der Waals surface area contributed by atoms with Gasteiger partial charge in [-0.25, -0.2) is 19.9 Å². The molecule has 0 atom stereocenters. The van der Waals surface area contributed by atoms with Gasteiger partial charge in [-0.1, -0.05) is 34.8 Å². The molecule has 0 aliphatic rings. The molecule has 2 rings (SSSR count). The largest absolute Gasteiger partial charge is 0.373 e. The number of nitrogens with one attached hydrogen (secondary N) is 1. The Bertz CT molecular complexity index is 465. The van der Waals surface area contributed by atoms with Gasteiger partial charge in [-0.05, 0) is 7.05 Å². The molecule has 2 aromatic rings. The summed E-state index contributed by atoms with van der Waals surface area (Å²) < 4.78 is 0. The third-order valence-electron chi connectivity index (χ3n) is 1.49. The van der Waals surface area contributed by atoms with Crippen LogP contribution in [0.2, 0.25) is 15.5 Å². The number of hydrogen-bond acceptors (Lipinski definition) is 6. The van der Waals surface area contributed by atoms with E-state index in [9.17, 15) is 0 Å². The fraction of sp³-hybridized carbons (Fsp3) is 0.200. The molecular formula is C10H13Cl3N6. The number of hydrogen-bond donors (Lipinski definition) is 2. The van der Waals surface area contributed by atoms with E-state index in [4.69, 9.17) is 34.8 Å². The number of aromatic nitrogens is 4. The third-order valence-corrected chi connectivity index (χ3v) is 2.11. The van der Waals surface area contributed by atoms with Crippen LogP contribution in [0.25, 0.3) is 0 Å². The molecule has 0 radical (unpaired) electrons. The zero-order valence-electron chi connectivity index (χ0n) is 10.3. The van der Waals surface area contributed by atoms with E-state index >= 15 is 0 Å². The van der Waals surface area contributed by atoms with Crippen molar-refractivity contribution in [3.8, 4) is 0 Å². The van der Waals surface area contributed by atoms with E-state index in [1.54, 1.807) is 13.1 Å². The van der Waals surface area contributed by atoms with E-state index in [1.807, 2.05) is 0 Å². The first-order chi connectivity index (χ1) is 9.11. The lowest BCUT2D eigenvalue weighted by atomic mass is 10.6. The highest BCUT2D eigenvalue weighted by molar-refractivity contribution is 6.33. The van der Waals surface area contributed by atoms with Crippen LogP contribution in [0, 0.1) is 0 Å². The molecule has 0 aliphatic heterocycles. The molecule has 104 valence electrons. The molecule has 6 nitrogen and oxygen atoms in total. The monoisotopic (exact) mass is 322 g/mol. The van der Waals surface area contributed by atoms with Crippen LogP contribution in [-0.2, 0) is 0 Å². The molecule has 0 saturated carbocycles. The molecule has 0 aliphatic carbocycles. The zero-order valence-corrected chi connectivity index (χ0v) is 12.6. The maximum Gasteiger partial charge on any atom is 0.134 e. The van der Waals surface area contributed by atoms with Crippen molar-refractivity contribution >= 4 is 40.6 Å². The van der Waals surface area contributed by atoms with Crippen molar-refractivity contribution in [1.82, 2.24) is 19.9 Å². The minimum absolute atomic E-state index is 0.366. The highest BCUT2D eigenvalue weighted by Gasteiger charge is 1.89. The van der Waals surface area contributed by atoms with Crippen LogP contribution >= 0.6 is 34.8 Å². The van der Waals surface area contributed by atoms with Gasteiger partial charge in [-0.15, -0.1) is 0 Å². The summed E-state index contributed by atoms with van der Waals surface area (Å²) in [6, 6.07) is 3.13. The van der Waals surface area contributed by atoms with Crippen molar-refractivity contribution < 1.29 is 0 Å². The standard InChI is InChI=1S/C5H6ClN3.C4H2Cl2N2.CH5N/c1-7-5-2-4(6)8-3-9-5;5-3-1-4(6)8-2-7-3;1-2/h2-3H,1H3,(H,7,8,9);1-2H;2H2,1H3. The fourth-order valence-electron chi connectivity index (χ4n) is 0.782. The lowest BCUT2D eigenvalue weighted by Crippen LogP contribution is -1.91. The summed E-state index contributed by atoms with van der Waals surface area (Å²) in [6.07, 6.45) is 2.72. The van der Waals surface area contributed by atoms with E-state index in [0.29, 0.717) is 15.5 Å². The maximum absolute atomic E-state index is 5.53. The summed E-state index contributed by atoms with van der Waals surface area (Å²) in [4.78, 5) is 14.8. The summed E-state index contributed by atoms with van der Waals surface area (Å²) in [5.41, 5.74) is 4.50. The molecule has 2 heterocycles. The van der Waals surface area contributed by atoms with Gasteiger partial charge in [0, 0.05) is 19.2 Å². The van der Waals surface area contributed by atoms with Crippen LogP contribution in [-0.4, -0.2) is 34.0 Å². The highest BCUT2D eigenvalue weighted by Crippen LogP contribution is 2.07. The molecule has 0 amide bonds. The molecule has 0 fully saturated rings. The number of nitrogens with two attached hydrogens (primary N) is 1. The van der Waals surface area contributed by atoms with Crippen LogP contribution in [0.4, 0.5) is 5.82 Å². The van der Waals surface area contributed by atoms with Crippen molar-refractivity contribution in [2.75, 3.05) is 19.4 Å². The second-order valence-corrected chi connectivity index (χ2v) is 3.80. The average molecular weight is 324 g/mol. The average Bonchev–Trinajstić information content (AvgIpc) is 2.41. The predicted octanol–water partition coefficient (Wildman–Crippen LogP) is 2.53. The molecule has 9 heteroatoms. The van der Waals surface area contributed by atoms with Crippen LogP contribution in [0.1, 0.15) is 0 Å². The van der Waals surface area contributed by atoms with Crippen molar-refractivity contribution in [3.05, 3.63) is 40.2 Å². The van der Waals surface area contributed by atoms with Crippen LogP contribution in [0.15, 0.2) is 24.8 Å². The van der Waals surface area contributed by atoms with Gasteiger partial charge in [-0.3, -0.25) is 0 Å². The Labute approximate surface area is 126 Å². The quantitative estimate of drug-likeness (QED) is 0.784. The lowest BCUT2D eigenvalue weighted by Gasteiger charge is -1.95. The smallest absolute Gasteiger partial charge is 0.134 e. The molecule has 0 saturated heterocycles. The SMILES string of the molecule is CN.CNc1cc(Cl)ncn1.Clc1cc(Cl)ncn1. The van der Waals surface area contributed by atoms with Gasteiger partial charge in [-0.2, -0.15) is 0 Å². The molecule has 0 unspecified atom stereocenters. The number of anilines is 1. The number of halogens is 3. The second kappa shape index (κ2) is 10.7. The number of rotatable bonds is 1. The van der Waals surface area contributed by atoms with Crippen molar-refractivity contribution in [1.29, 1.82) is 0 Å². The van der Waals surface area contributed by atoms with E-state index in [-0.39, 0.29) is 0 Å². The molecule has 2 aromatic heterocycles. The highest BCUT2D eigenvalue weighted by atomic mass is 35.5. The van der Waals surface area contributed by atoms with E-state index < -0.39 is 0 Å². The first-order valence-corrected chi connectivity index (χ1v) is 6.11. The minimum atomic E-state index is 0.366. The van der Waals surface area contributed by atoms with Crippen molar-refractivity contribution in [2.45, 2.75) is 0 Å². The Morgan fingerprint density at radius 3 is 1.53 bits per heavy atom. The fourth-order valence-corrected chi connectivity index (χ4v) is 1.28. The van der Waals surface area contributed by atoms with Gasteiger partial charge >= 0.3 is 0 Å². The van der Waals surface area contributed by atoms with E-state index in [0.717, 1.165) is 5.82 Å². The zero-order chi connectivity index (χ0) is 14.7. The Morgan fingerprint density at radius 1 is 0.842 bits per heavy atom. The minimum Gasteiger partial charge on any atom is -0.373 e. The molecule has 0 aromatic carbocycles. The first kappa shape index (κ1) is 17.8. The topological polar surface area (TPSA) is 89.6 Å². The van der Waals surface area contributed by atoms with Gasteiger partial charge < -0.3 is 11.1 Å². The molecule has 19 heavy (non-hydrogen) atoms. The van der Waals surface area contributed by atoms with Crippen LogP contribution in [0.3, 0.4) is 0 Å². The summed E-state index contributed by atoms with van der Waals surface area (Å²) in [6.45, 7) is 0. The number of nitrogens with zero attached hydrogens (tertiary/aromatic N) is 4. The van der Waals surface area contributed by atoms with E-state index in [1.165, 1.54) is 25.8 Å². The molecule has 3 N–H and O–H groups in total. The van der Waals surface area contributed by atoms with Crippen molar-refractivity contribution in [2.24, 2.45) is 5.73 Å². The van der Waals surface area contributed by atoms with Gasteiger partial charge in [0.1, 0.15) is 33.9 Å². The summed E-state index contributed by atoms with van der Waals surface area (Å²) in [5, 5.41) is 4.02. The Hall–Kier alpha value is -1.21. The van der Waals surface area contributed by atoms with Gasteiger partial charge in [0.15, 0.2) is 0 Å². The Kier molecular flexibility index (Phi) is 10.0. The summed E-state index contributed by atoms with van der Waals surface area (Å²) in [5.74, 6) is 0.731. The third kappa shape index (κ3) is 8.50. The summed E-state index contributed by atoms with van der Waals surface area (Å²) in [7, 11) is 3.28. The normalized spacial score (nSPS) is 8.53. The Morgan fingerprint density at radius 2 is 1.26 bits per heavy atom. The van der Waals surface area contributed by atoms with Crippen LogP contribution in [0.5, 0.6) is 0 Å². The van der Waals surface area contributed by atoms with Gasteiger partial charge in [0.05, 0.1) is 0 Å². The van der Waals surface area contributed by atoms with E-state index in [2.05, 4.69) is 31.0 Å². The molecule has 0 spiro atoms. The van der Waals surface area contributed by atoms with Gasteiger partial charge in [0.25, 0.3) is 0 Å². The maximum atomic E-state index is 5.53. The lowest BCUT2D eigenvalue weighted by molar-refractivity contribution is 1.16. The van der Waals surface area contributed by atoms with Crippen molar-refractivity contribution in [3.63, 3.8) is 0 Å². The second-order valence-electron chi connectivity index (χ2n) is 2.64. The summed E-state index contributed by atoms with van der Waals surface area (Å²) >= 11 is 16.4. The predicted molar refractivity (Wildman–Crippen MR) is 78.8 cm³/mol. The van der Waals surface area contributed by atoms with Gasteiger partial charge in [0.2, 0.25) is 0 Å². The molecular weight excluding hydrogens is 311 g/mol. The first-order valence-electron chi connectivity index (χ1n) is 4.98. The molecule has 0 bridgehead atoms. The van der Waals surface area contributed by atoms with Crippen LogP contribution < -0.4 is 11.1 Å². The Balaban J connectivity index is 0.000000303.